The smallest absolute Gasteiger partial charge is 0.282 e. The van der Waals surface area contributed by atoms with E-state index in [4.69, 9.17) is 4.55 Å². The summed E-state index contributed by atoms with van der Waals surface area (Å²) >= 11 is 0. The van der Waals surface area contributed by atoms with Crippen LogP contribution in [-0.4, -0.2) is 45.8 Å². The van der Waals surface area contributed by atoms with E-state index in [9.17, 15) is 13.2 Å². The summed E-state index contributed by atoms with van der Waals surface area (Å²) < 4.78 is 31.7. The second-order valence-corrected chi connectivity index (χ2v) is 9.72. The van der Waals surface area contributed by atoms with E-state index in [1.54, 1.807) is 6.92 Å². The first-order chi connectivity index (χ1) is 17.3. The zero-order chi connectivity index (χ0) is 25.0. The van der Waals surface area contributed by atoms with Gasteiger partial charge in [0.2, 0.25) is 0 Å². The molecule has 6 rings (SSSR count). The number of aromatic nitrogens is 3. The molecule has 2 N–H and O–H groups in total. The molecular weight excluding hydrogens is 482 g/mol. The SMILES string of the molecule is CC1=NN(c2ccc(S(=O)(=O)O)cc2)C(=O)C1N=Nc1[nH]nc2nc3cc4ccccc4cc3cc12. The summed E-state index contributed by atoms with van der Waals surface area (Å²) in [5.74, 6) is -0.0844. The molecule has 11 nitrogen and oxygen atoms in total. The van der Waals surface area contributed by atoms with Gasteiger partial charge in [-0.25, -0.2) is 4.98 Å². The van der Waals surface area contributed by atoms with Gasteiger partial charge < -0.3 is 0 Å². The lowest BCUT2D eigenvalue weighted by atomic mass is 10.1. The van der Waals surface area contributed by atoms with E-state index >= 15 is 0 Å². The minimum Gasteiger partial charge on any atom is -0.282 e. The van der Waals surface area contributed by atoms with Crippen LogP contribution < -0.4 is 5.01 Å². The second-order valence-electron chi connectivity index (χ2n) is 8.30. The molecule has 2 aromatic heterocycles. The van der Waals surface area contributed by atoms with E-state index in [0.29, 0.717) is 28.3 Å². The first-order valence-corrected chi connectivity index (χ1v) is 12.3. The van der Waals surface area contributed by atoms with Crippen molar-refractivity contribution in [3.63, 3.8) is 0 Å². The van der Waals surface area contributed by atoms with Crippen molar-refractivity contribution >= 4 is 66.0 Å². The van der Waals surface area contributed by atoms with E-state index in [-0.39, 0.29) is 4.90 Å². The fourth-order valence-electron chi connectivity index (χ4n) is 4.10. The molecule has 0 radical (unpaired) electrons. The minimum atomic E-state index is -4.34. The number of H-pyrrole nitrogens is 1. The van der Waals surface area contributed by atoms with E-state index < -0.39 is 22.1 Å². The number of nitrogens with one attached hydrogen (secondary N) is 1. The zero-order valence-electron chi connectivity index (χ0n) is 18.7. The lowest BCUT2D eigenvalue weighted by molar-refractivity contribution is -0.117. The van der Waals surface area contributed by atoms with E-state index in [1.807, 2.05) is 42.5 Å². The quantitative estimate of drug-likeness (QED) is 0.212. The maximum Gasteiger partial charge on any atom is 0.294 e. The number of fused-ring (bicyclic) bond motifs is 3. The van der Waals surface area contributed by atoms with Crippen LogP contribution in [0, 0.1) is 0 Å². The van der Waals surface area contributed by atoms with Crippen LogP contribution >= 0.6 is 0 Å². The number of amides is 1. The van der Waals surface area contributed by atoms with Crippen molar-refractivity contribution in [2.24, 2.45) is 15.3 Å². The van der Waals surface area contributed by atoms with Crippen molar-refractivity contribution in [1.82, 2.24) is 15.2 Å². The number of nitrogens with zero attached hydrogens (tertiary/aromatic N) is 6. The average molecular weight is 500 g/mol. The highest BCUT2D eigenvalue weighted by atomic mass is 32.2. The Balaban J connectivity index is 1.30. The summed E-state index contributed by atoms with van der Waals surface area (Å²) in [6.07, 6.45) is 0. The molecule has 1 atom stereocenters. The van der Waals surface area contributed by atoms with Crippen LogP contribution in [0.25, 0.3) is 32.7 Å². The first kappa shape index (κ1) is 21.9. The number of hydrogen-bond acceptors (Lipinski definition) is 8. The van der Waals surface area contributed by atoms with Crippen LogP contribution in [0.3, 0.4) is 0 Å². The number of hydrogen-bond donors (Lipinski definition) is 2. The molecule has 12 heteroatoms. The van der Waals surface area contributed by atoms with E-state index in [1.165, 1.54) is 24.3 Å². The number of pyridine rings is 1. The van der Waals surface area contributed by atoms with Crippen molar-refractivity contribution in [2.75, 3.05) is 5.01 Å². The Bertz CT molecular complexity index is 1860. The maximum absolute atomic E-state index is 13.0. The van der Waals surface area contributed by atoms with Crippen molar-refractivity contribution in [1.29, 1.82) is 0 Å². The summed E-state index contributed by atoms with van der Waals surface area (Å²) in [5.41, 5.74) is 2.04. The van der Waals surface area contributed by atoms with Gasteiger partial charge in [0.05, 0.1) is 27.2 Å². The Morgan fingerprint density at radius 2 is 1.72 bits per heavy atom. The maximum atomic E-state index is 13.0. The van der Waals surface area contributed by atoms with Gasteiger partial charge in [0.15, 0.2) is 17.5 Å². The van der Waals surface area contributed by atoms with Gasteiger partial charge in [-0.1, -0.05) is 24.3 Å². The third-order valence-electron chi connectivity index (χ3n) is 5.93. The molecule has 0 saturated heterocycles. The average Bonchev–Trinajstić information content (AvgIpc) is 3.38. The molecular formula is C24H17N7O4S. The molecule has 1 aliphatic heterocycles. The van der Waals surface area contributed by atoms with Gasteiger partial charge in [-0.3, -0.25) is 14.4 Å². The molecule has 0 bridgehead atoms. The topological polar surface area (TPSA) is 153 Å². The van der Waals surface area contributed by atoms with Crippen molar-refractivity contribution in [3.05, 3.63) is 66.7 Å². The Morgan fingerprint density at radius 1 is 1.00 bits per heavy atom. The summed E-state index contributed by atoms with van der Waals surface area (Å²) in [7, 11) is -4.34. The molecule has 3 aromatic carbocycles. The van der Waals surface area contributed by atoms with Gasteiger partial charge in [-0.05, 0) is 60.2 Å². The molecule has 36 heavy (non-hydrogen) atoms. The molecule has 5 aromatic rings. The van der Waals surface area contributed by atoms with Gasteiger partial charge in [0.25, 0.3) is 16.0 Å². The number of azo groups is 1. The predicted molar refractivity (Wildman–Crippen MR) is 134 cm³/mol. The molecule has 0 spiro atoms. The van der Waals surface area contributed by atoms with Gasteiger partial charge in [-0.15, -0.1) is 5.11 Å². The lowest BCUT2D eigenvalue weighted by Gasteiger charge is -2.12. The highest BCUT2D eigenvalue weighted by Gasteiger charge is 2.35. The normalized spacial score (nSPS) is 16.6. The third-order valence-corrected chi connectivity index (χ3v) is 6.80. The van der Waals surface area contributed by atoms with Gasteiger partial charge in [-0.2, -0.15) is 28.7 Å². The lowest BCUT2D eigenvalue weighted by Crippen LogP contribution is -2.29. The Hall–Kier alpha value is -4.55. The summed E-state index contributed by atoms with van der Waals surface area (Å²) in [6, 6.07) is 18.2. The van der Waals surface area contributed by atoms with Crippen LogP contribution in [0.15, 0.2) is 87.0 Å². The molecule has 1 amide bonds. The third kappa shape index (κ3) is 3.68. The molecule has 1 aliphatic rings. The minimum absolute atomic E-state index is 0.282. The highest BCUT2D eigenvalue weighted by Crippen LogP contribution is 2.30. The van der Waals surface area contributed by atoms with Crippen molar-refractivity contribution in [3.8, 4) is 0 Å². The summed E-state index contributed by atoms with van der Waals surface area (Å²) in [4.78, 5) is 17.3. The fraction of sp³-hybridized carbons (Fsp3) is 0.0833. The number of carbonyl (C=O) groups excluding carboxylic acids is 1. The number of anilines is 1. The van der Waals surface area contributed by atoms with Gasteiger partial charge in [0, 0.05) is 5.39 Å². The number of aromatic amines is 1. The summed E-state index contributed by atoms with van der Waals surface area (Å²) in [5, 5.41) is 24.6. The van der Waals surface area contributed by atoms with Crippen LogP contribution in [0.5, 0.6) is 0 Å². The number of carbonyl (C=O) groups is 1. The zero-order valence-corrected chi connectivity index (χ0v) is 19.5. The van der Waals surface area contributed by atoms with Crippen LogP contribution in [0.4, 0.5) is 11.5 Å². The Morgan fingerprint density at radius 3 is 2.44 bits per heavy atom. The molecule has 0 aliphatic carbocycles. The van der Waals surface area contributed by atoms with Crippen molar-refractivity contribution in [2.45, 2.75) is 17.9 Å². The predicted octanol–water partition coefficient (Wildman–Crippen LogP) is 4.39. The van der Waals surface area contributed by atoms with Crippen molar-refractivity contribution < 1.29 is 17.8 Å². The molecule has 1 unspecified atom stereocenters. The van der Waals surface area contributed by atoms with Crippen LogP contribution in [-0.2, 0) is 14.9 Å². The largest absolute Gasteiger partial charge is 0.294 e. The fourth-order valence-corrected chi connectivity index (χ4v) is 4.58. The standard InChI is InChI=1S/C24H17N7O4S/c1-13-21(24(32)31(30-13)17-6-8-18(9-7-17)36(33,34)35)26-28-23-19-11-16-10-14-4-2-3-5-15(14)12-20(16)25-22(19)27-29-23/h2-12,21H,1H3,(H,25,27,29)(H,33,34,35). The number of benzene rings is 3. The first-order valence-electron chi connectivity index (χ1n) is 10.8. The number of hydrazone groups is 1. The second kappa shape index (κ2) is 8.00. The van der Waals surface area contributed by atoms with Gasteiger partial charge in [0.1, 0.15) is 0 Å². The highest BCUT2D eigenvalue weighted by molar-refractivity contribution is 7.85. The van der Waals surface area contributed by atoms with E-state index in [2.05, 4.69) is 30.5 Å². The van der Waals surface area contributed by atoms with Crippen LogP contribution in [0.1, 0.15) is 6.92 Å². The number of rotatable bonds is 4. The van der Waals surface area contributed by atoms with Gasteiger partial charge >= 0.3 is 0 Å². The summed E-state index contributed by atoms with van der Waals surface area (Å²) in [6.45, 7) is 1.65. The molecule has 3 heterocycles. The Kier molecular flexibility index (Phi) is 4.88. The monoisotopic (exact) mass is 499 g/mol. The Labute approximate surface area is 203 Å². The molecule has 0 fully saturated rings. The van der Waals surface area contributed by atoms with Crippen LogP contribution in [0.2, 0.25) is 0 Å². The molecule has 178 valence electrons. The molecule has 0 saturated carbocycles. The van der Waals surface area contributed by atoms with E-state index in [0.717, 1.165) is 26.7 Å².